The number of nitrogens with zero attached hydrogens (tertiary/aromatic N) is 2. The quantitative estimate of drug-likeness (QED) is 0.687. The lowest BCUT2D eigenvalue weighted by molar-refractivity contribution is 0.782. The SMILES string of the molecule is Cc1ccc2c(-c3cc(N)n(C)n3)c[nH]c2c1C. The molecule has 4 nitrogen and oxygen atoms in total. The Balaban J connectivity index is 2.28. The maximum absolute atomic E-state index is 5.84. The number of benzene rings is 1. The smallest absolute Gasteiger partial charge is 0.121 e. The summed E-state index contributed by atoms with van der Waals surface area (Å²) in [6, 6.07) is 6.17. The van der Waals surface area contributed by atoms with Crippen LogP contribution < -0.4 is 5.73 Å². The molecule has 0 spiro atoms. The molecule has 0 aliphatic carbocycles. The third kappa shape index (κ3) is 1.42. The number of nitrogens with one attached hydrogen (secondary N) is 1. The Morgan fingerprint density at radius 1 is 1.28 bits per heavy atom. The molecule has 1 aromatic carbocycles. The highest BCUT2D eigenvalue weighted by Gasteiger charge is 2.12. The number of aromatic nitrogens is 3. The fraction of sp³-hybridized carbons (Fsp3) is 0.214. The van der Waals surface area contributed by atoms with Crippen molar-refractivity contribution in [2.45, 2.75) is 13.8 Å². The molecular weight excluding hydrogens is 224 g/mol. The first-order chi connectivity index (χ1) is 8.58. The van der Waals surface area contributed by atoms with Crippen molar-refractivity contribution in [3.63, 3.8) is 0 Å². The minimum Gasteiger partial charge on any atom is -0.384 e. The maximum Gasteiger partial charge on any atom is 0.121 e. The fourth-order valence-corrected chi connectivity index (χ4v) is 2.27. The molecule has 3 aromatic rings. The predicted molar refractivity (Wildman–Crippen MR) is 74.4 cm³/mol. The molecule has 18 heavy (non-hydrogen) atoms. The van der Waals surface area contributed by atoms with Crippen LogP contribution in [0.15, 0.2) is 24.4 Å². The number of hydrogen-bond donors (Lipinski definition) is 2. The molecular formula is C14H16N4. The number of nitrogen functional groups attached to an aromatic ring is 1. The second-order valence-electron chi connectivity index (χ2n) is 4.71. The van der Waals surface area contributed by atoms with E-state index in [4.69, 9.17) is 5.73 Å². The predicted octanol–water partition coefficient (Wildman–Crippen LogP) is 2.77. The molecule has 4 heteroatoms. The van der Waals surface area contributed by atoms with Crippen LogP contribution in [0.4, 0.5) is 5.82 Å². The lowest BCUT2D eigenvalue weighted by Gasteiger charge is -2.01. The fourth-order valence-electron chi connectivity index (χ4n) is 2.27. The van der Waals surface area contributed by atoms with E-state index in [9.17, 15) is 0 Å². The van der Waals surface area contributed by atoms with Crippen LogP contribution in [0.1, 0.15) is 11.1 Å². The summed E-state index contributed by atoms with van der Waals surface area (Å²) in [7, 11) is 1.85. The number of aryl methyl sites for hydroxylation is 3. The van der Waals surface area contributed by atoms with Crippen LogP contribution in [0, 0.1) is 13.8 Å². The molecule has 0 unspecified atom stereocenters. The number of hydrogen-bond acceptors (Lipinski definition) is 2. The first kappa shape index (κ1) is 10.9. The van der Waals surface area contributed by atoms with Crippen LogP contribution in [-0.4, -0.2) is 14.8 Å². The molecule has 0 amide bonds. The van der Waals surface area contributed by atoms with Gasteiger partial charge in [0.15, 0.2) is 0 Å². The first-order valence-corrected chi connectivity index (χ1v) is 5.95. The number of rotatable bonds is 1. The lowest BCUT2D eigenvalue weighted by Crippen LogP contribution is -1.96. The number of aromatic amines is 1. The van der Waals surface area contributed by atoms with Gasteiger partial charge in [0.05, 0.1) is 5.69 Å². The molecule has 92 valence electrons. The van der Waals surface area contributed by atoms with Crippen molar-refractivity contribution in [1.82, 2.24) is 14.8 Å². The van der Waals surface area contributed by atoms with E-state index >= 15 is 0 Å². The molecule has 2 heterocycles. The van der Waals surface area contributed by atoms with Crippen molar-refractivity contribution in [3.05, 3.63) is 35.5 Å². The van der Waals surface area contributed by atoms with Gasteiger partial charge in [0, 0.05) is 35.8 Å². The third-order valence-corrected chi connectivity index (χ3v) is 3.58. The Kier molecular flexibility index (Phi) is 2.20. The van der Waals surface area contributed by atoms with Crippen LogP contribution in [0.3, 0.4) is 0 Å². The van der Waals surface area contributed by atoms with Gasteiger partial charge >= 0.3 is 0 Å². The van der Waals surface area contributed by atoms with Crippen LogP contribution in [-0.2, 0) is 7.05 Å². The highest BCUT2D eigenvalue weighted by atomic mass is 15.3. The van der Waals surface area contributed by atoms with Crippen LogP contribution >= 0.6 is 0 Å². The van der Waals surface area contributed by atoms with E-state index in [1.54, 1.807) is 4.68 Å². The Morgan fingerprint density at radius 3 is 2.72 bits per heavy atom. The highest BCUT2D eigenvalue weighted by molar-refractivity contribution is 5.96. The van der Waals surface area contributed by atoms with E-state index in [2.05, 4.69) is 36.1 Å². The molecule has 2 aromatic heterocycles. The van der Waals surface area contributed by atoms with Crippen molar-refractivity contribution >= 4 is 16.7 Å². The molecule has 0 bridgehead atoms. The summed E-state index contributed by atoms with van der Waals surface area (Å²) in [6.07, 6.45) is 2.00. The van der Waals surface area contributed by atoms with Gasteiger partial charge in [-0.25, -0.2) is 0 Å². The van der Waals surface area contributed by atoms with Crippen LogP contribution in [0.5, 0.6) is 0 Å². The van der Waals surface area contributed by atoms with Crippen molar-refractivity contribution in [3.8, 4) is 11.3 Å². The Morgan fingerprint density at radius 2 is 2.06 bits per heavy atom. The van der Waals surface area contributed by atoms with Gasteiger partial charge in [0.1, 0.15) is 5.82 Å². The van der Waals surface area contributed by atoms with Crippen LogP contribution in [0.25, 0.3) is 22.2 Å². The average molecular weight is 240 g/mol. The van der Waals surface area contributed by atoms with Crippen molar-refractivity contribution in [2.75, 3.05) is 5.73 Å². The zero-order chi connectivity index (χ0) is 12.9. The Labute approximate surface area is 105 Å². The van der Waals surface area contributed by atoms with E-state index in [-0.39, 0.29) is 0 Å². The van der Waals surface area contributed by atoms with E-state index < -0.39 is 0 Å². The minimum atomic E-state index is 0.670. The van der Waals surface area contributed by atoms with Gasteiger partial charge in [0.2, 0.25) is 0 Å². The third-order valence-electron chi connectivity index (χ3n) is 3.58. The summed E-state index contributed by atoms with van der Waals surface area (Å²) in [4.78, 5) is 3.33. The molecule has 0 saturated heterocycles. The topological polar surface area (TPSA) is 59.6 Å². The van der Waals surface area contributed by atoms with Crippen molar-refractivity contribution in [2.24, 2.45) is 7.05 Å². The Hall–Kier alpha value is -2.23. The largest absolute Gasteiger partial charge is 0.384 e. The highest BCUT2D eigenvalue weighted by Crippen LogP contribution is 2.31. The number of anilines is 1. The van der Waals surface area contributed by atoms with Gasteiger partial charge in [-0.15, -0.1) is 0 Å². The van der Waals surface area contributed by atoms with Gasteiger partial charge in [-0.1, -0.05) is 12.1 Å². The molecule has 0 saturated carbocycles. The van der Waals surface area contributed by atoms with E-state index in [1.807, 2.05) is 19.3 Å². The summed E-state index contributed by atoms with van der Waals surface area (Å²) in [5.74, 6) is 0.670. The van der Waals surface area contributed by atoms with Crippen molar-refractivity contribution < 1.29 is 0 Å². The summed E-state index contributed by atoms with van der Waals surface area (Å²) in [5, 5.41) is 5.62. The number of fused-ring (bicyclic) bond motifs is 1. The second-order valence-corrected chi connectivity index (χ2v) is 4.71. The number of nitrogens with two attached hydrogens (primary N) is 1. The monoisotopic (exact) mass is 240 g/mol. The molecule has 0 radical (unpaired) electrons. The Bertz CT molecular complexity index is 714. The molecule has 0 aliphatic rings. The summed E-state index contributed by atoms with van der Waals surface area (Å²) in [5.41, 5.74) is 11.6. The summed E-state index contributed by atoms with van der Waals surface area (Å²) >= 11 is 0. The average Bonchev–Trinajstić information content (AvgIpc) is 2.89. The zero-order valence-corrected chi connectivity index (χ0v) is 10.8. The van der Waals surface area contributed by atoms with Crippen molar-refractivity contribution in [1.29, 1.82) is 0 Å². The van der Waals surface area contributed by atoms with E-state index in [0.29, 0.717) is 5.82 Å². The normalized spacial score (nSPS) is 11.3. The van der Waals surface area contributed by atoms with Gasteiger partial charge in [-0.05, 0) is 25.0 Å². The maximum atomic E-state index is 5.84. The molecule has 0 fully saturated rings. The molecule has 3 N–H and O–H groups in total. The second kappa shape index (κ2) is 3.63. The number of H-pyrrole nitrogens is 1. The summed E-state index contributed by atoms with van der Waals surface area (Å²) < 4.78 is 1.69. The standard InChI is InChI=1S/C14H16N4/c1-8-4-5-10-11(7-16-14(10)9(8)2)12-6-13(15)18(3)17-12/h4-7,16H,15H2,1-3H3. The van der Waals surface area contributed by atoms with E-state index in [1.165, 1.54) is 22.0 Å². The summed E-state index contributed by atoms with van der Waals surface area (Å²) in [6.45, 7) is 4.25. The van der Waals surface area contributed by atoms with Gasteiger partial charge < -0.3 is 10.7 Å². The molecule has 0 aliphatic heterocycles. The molecule has 3 rings (SSSR count). The molecule has 0 atom stereocenters. The lowest BCUT2D eigenvalue weighted by atomic mass is 10.0. The first-order valence-electron chi connectivity index (χ1n) is 5.95. The van der Waals surface area contributed by atoms with Gasteiger partial charge in [-0.2, -0.15) is 5.10 Å². The van der Waals surface area contributed by atoms with Crippen LogP contribution in [0.2, 0.25) is 0 Å². The van der Waals surface area contributed by atoms with Gasteiger partial charge in [-0.3, -0.25) is 4.68 Å². The minimum absolute atomic E-state index is 0.670. The van der Waals surface area contributed by atoms with E-state index in [0.717, 1.165) is 11.3 Å². The van der Waals surface area contributed by atoms with Gasteiger partial charge in [0.25, 0.3) is 0 Å². The zero-order valence-electron chi connectivity index (χ0n) is 10.8.